The summed E-state index contributed by atoms with van der Waals surface area (Å²) in [5.41, 5.74) is 37.0. The summed E-state index contributed by atoms with van der Waals surface area (Å²) in [4.78, 5) is 21.1. The van der Waals surface area contributed by atoms with Crippen molar-refractivity contribution in [1.29, 1.82) is 0 Å². The first kappa shape index (κ1) is 82.0. The van der Waals surface area contributed by atoms with Crippen LogP contribution < -0.4 is 58.6 Å². The Balaban J connectivity index is 0.0000000962. The fraction of sp³-hybridized carbons (Fsp3) is 0. The monoisotopic (exact) mass is 1940 g/mol. The molecule has 19 heteroatoms. The minimum atomic E-state index is 0.0391. The second-order valence-corrected chi connectivity index (χ2v) is 43.2. The molecule has 0 saturated heterocycles. The minimum absolute atomic E-state index is 0.0391. The van der Waals surface area contributed by atoms with Gasteiger partial charge in [-0.2, -0.15) is 0 Å². The molecule has 0 aliphatic carbocycles. The molecule has 682 valence electrons. The molecule has 6 aliphatic heterocycles. The summed E-state index contributed by atoms with van der Waals surface area (Å²) < 4.78 is 32.2. The summed E-state index contributed by atoms with van der Waals surface area (Å²) in [7, 11) is 0. The van der Waals surface area contributed by atoms with Crippen LogP contribution in [0, 0.1) is 0 Å². The number of para-hydroxylation sites is 15. The third-order valence-corrected chi connectivity index (χ3v) is 35.7. The molecular formula is C128H75B3N10O2S4. The quantitative estimate of drug-likeness (QED) is 0.152. The van der Waals surface area contributed by atoms with E-state index in [1.54, 1.807) is 0 Å². The Bertz CT molecular complexity index is 10200. The van der Waals surface area contributed by atoms with Crippen molar-refractivity contribution in [2.45, 2.75) is 39.2 Å². The molecule has 21 aromatic carbocycles. The van der Waals surface area contributed by atoms with Gasteiger partial charge in [-0.3, -0.25) is 17.9 Å². The fourth-order valence-electron chi connectivity index (χ4n) is 25.1. The third kappa shape index (κ3) is 12.0. The number of rotatable bonds is 6. The summed E-state index contributed by atoms with van der Waals surface area (Å²) in [6.07, 6.45) is 0. The molecule has 147 heavy (non-hydrogen) atoms. The third-order valence-electron chi connectivity index (χ3n) is 31.1. The normalized spacial score (nSPS) is 13.3. The van der Waals surface area contributed by atoms with Crippen LogP contribution in [0.5, 0.6) is 23.0 Å². The maximum absolute atomic E-state index is 6.67. The van der Waals surface area contributed by atoms with Crippen molar-refractivity contribution in [2.75, 3.05) is 0 Å². The number of ether oxygens (including phenoxy) is 2. The Morgan fingerprint density at radius 2 is 0.422 bits per heavy atom. The molecule has 0 saturated carbocycles. The van der Waals surface area contributed by atoms with Gasteiger partial charge in [0.15, 0.2) is 0 Å². The Kier molecular flexibility index (Phi) is 17.6. The number of benzene rings is 21. The van der Waals surface area contributed by atoms with Crippen LogP contribution in [-0.2, 0) is 0 Å². The Morgan fingerprint density at radius 1 is 0.170 bits per heavy atom. The van der Waals surface area contributed by atoms with Crippen molar-refractivity contribution in [3.05, 3.63) is 455 Å². The zero-order chi connectivity index (χ0) is 95.6. The van der Waals surface area contributed by atoms with Gasteiger partial charge in [0.25, 0.3) is 6.71 Å². The highest BCUT2D eigenvalue weighted by molar-refractivity contribution is 8.02. The van der Waals surface area contributed by atoms with Gasteiger partial charge in [0, 0.05) is 128 Å². The maximum Gasteiger partial charge on any atom is 0.260 e. The van der Waals surface area contributed by atoms with Gasteiger partial charge in [-0.05, 0) is 216 Å². The second-order valence-electron chi connectivity index (χ2n) is 38.9. The van der Waals surface area contributed by atoms with Crippen LogP contribution in [-0.4, -0.2) is 66.3 Å². The highest BCUT2D eigenvalue weighted by Gasteiger charge is 2.44. The van der Waals surface area contributed by atoms with E-state index in [2.05, 4.69) is 473 Å². The lowest BCUT2D eigenvalue weighted by Crippen LogP contribution is -2.58. The zero-order valence-electron chi connectivity index (χ0n) is 78.5. The predicted molar refractivity (Wildman–Crippen MR) is 612 cm³/mol. The van der Waals surface area contributed by atoms with Gasteiger partial charge in [0.2, 0.25) is 25.0 Å². The van der Waals surface area contributed by atoms with Crippen LogP contribution in [0.25, 0.3) is 177 Å². The largest absolute Gasteiger partial charge is 0.458 e. The molecule has 35 rings (SSSR count). The highest BCUT2D eigenvalue weighted by Crippen LogP contribution is 2.49. The topological polar surface area (TPSA) is 82.6 Å². The number of fused-ring (bicyclic) bond motifs is 34. The van der Waals surface area contributed by atoms with Crippen molar-refractivity contribution in [3.8, 4) is 57.1 Å². The number of imidazole rings is 4. The molecule has 29 aromatic rings. The highest BCUT2D eigenvalue weighted by atomic mass is 32.2. The second kappa shape index (κ2) is 31.5. The molecule has 14 heterocycles. The maximum atomic E-state index is 6.67. The van der Waals surface area contributed by atoms with Crippen molar-refractivity contribution < 1.29 is 9.47 Å². The van der Waals surface area contributed by atoms with Crippen LogP contribution >= 0.6 is 47.0 Å². The van der Waals surface area contributed by atoms with Crippen molar-refractivity contribution >= 4 is 259 Å². The van der Waals surface area contributed by atoms with E-state index in [0.29, 0.717) is 0 Å². The standard InChI is InChI=1S/C43H25BN4O2.C43H25BN4S2.C42H25BN2S2/c2*1-5-15-33-28(11-1)29-23-26(47-36-17-7-8-18-37(36)48-35-16-6-4-14-32(35)45-43(47)48)21-22-34(29)46(33)27-24-40-42-41(25-27)50-39-20-10-3-13-31(39)44(42)30-12-2-9-19-38(30)49-40;1-6-16-34-28(11-1)29-12-2-7-17-35(29)44(34)26-21-22-37-31(23-26)30-13-3-8-18-36(30)45(37)27-24-40-42-41(25-27)47-39-20-10-5-15-33(39)43(42)32-14-4-9-19-38(32)46-40/h2*1-25H;1-25H. The number of hydrogen-bond acceptors (Lipinski definition) is 8. The Hall–Kier alpha value is -17.4. The molecular weight excluding hydrogens is 1870 g/mol. The van der Waals surface area contributed by atoms with Gasteiger partial charge in [0.05, 0.1) is 94.0 Å². The molecule has 0 amide bonds. The molecule has 0 radical (unpaired) electrons. The van der Waals surface area contributed by atoms with Gasteiger partial charge in [-0.25, -0.2) is 9.97 Å². The van der Waals surface area contributed by atoms with Gasteiger partial charge < -0.3 is 27.7 Å². The summed E-state index contributed by atoms with van der Waals surface area (Å²) in [6.45, 7) is 0.547. The summed E-state index contributed by atoms with van der Waals surface area (Å²) in [5.74, 6) is 5.24. The molecule has 0 spiro atoms. The van der Waals surface area contributed by atoms with E-state index >= 15 is 0 Å². The molecule has 0 N–H and O–H groups in total. The summed E-state index contributed by atoms with van der Waals surface area (Å²) in [5, 5.41) is 9.90. The molecule has 8 aromatic heterocycles. The smallest absolute Gasteiger partial charge is 0.260 e. The van der Waals surface area contributed by atoms with E-state index in [0.717, 1.165) is 129 Å². The first-order chi connectivity index (χ1) is 72.9. The summed E-state index contributed by atoms with van der Waals surface area (Å²) >= 11 is 7.66. The van der Waals surface area contributed by atoms with E-state index in [-0.39, 0.29) is 20.1 Å². The lowest BCUT2D eigenvalue weighted by atomic mass is 9.35. The lowest BCUT2D eigenvalue weighted by molar-refractivity contribution is 0.464. The molecule has 0 unspecified atom stereocenters. The SMILES string of the molecule is c1ccc2c(c1)Oc1cc(-n3c4ccccc4c4cc(-n5c6ccccc6n6c7ccccc7nc56)ccc43)cc3c1B2c1ccccc1O3.c1ccc2c(c1)Sc1cc(-n3c4ccccc4c4cc(-n5c6ccccc6c6ccccc65)ccc43)cc3c1B2c1ccccc1S3.c1ccc2c(c1)Sc1cc(-n3c4ccccc4c4cc(-n5c6ccccc6n6c7ccccc7nc56)ccc43)cc3c1B2c1ccccc1S3. The van der Waals surface area contributed by atoms with Crippen molar-refractivity contribution in [3.63, 3.8) is 0 Å². The lowest BCUT2D eigenvalue weighted by Gasteiger charge is -2.33. The minimum Gasteiger partial charge on any atom is -0.458 e. The predicted octanol–water partition coefficient (Wildman–Crippen LogP) is 26.6. The van der Waals surface area contributed by atoms with E-state index in [1.165, 1.54) is 160 Å². The fourth-order valence-corrected chi connectivity index (χ4v) is 30.0. The summed E-state index contributed by atoms with van der Waals surface area (Å²) in [6, 6.07) is 165. The first-order valence-corrected chi connectivity index (χ1v) is 53.2. The van der Waals surface area contributed by atoms with Gasteiger partial charge in [-0.1, -0.05) is 318 Å². The van der Waals surface area contributed by atoms with Crippen LogP contribution in [0.2, 0.25) is 0 Å². The average molecular weight is 1950 g/mol. The first-order valence-electron chi connectivity index (χ1n) is 49.9. The van der Waals surface area contributed by atoms with Gasteiger partial charge >= 0.3 is 0 Å². The molecule has 6 aliphatic rings. The van der Waals surface area contributed by atoms with Crippen LogP contribution in [0.1, 0.15) is 0 Å². The Labute approximate surface area is 859 Å². The van der Waals surface area contributed by atoms with E-state index < -0.39 is 0 Å². The average Bonchev–Trinajstić information content (AvgIpc) is 1.73. The van der Waals surface area contributed by atoms with E-state index in [1.807, 2.05) is 65.2 Å². The van der Waals surface area contributed by atoms with E-state index in [9.17, 15) is 0 Å². The van der Waals surface area contributed by atoms with E-state index in [4.69, 9.17) is 19.4 Å². The zero-order valence-corrected chi connectivity index (χ0v) is 81.7. The van der Waals surface area contributed by atoms with Crippen molar-refractivity contribution in [2.24, 2.45) is 0 Å². The Morgan fingerprint density at radius 3 is 0.776 bits per heavy atom. The molecule has 0 fully saturated rings. The number of aromatic nitrogens is 10. The molecule has 0 atom stereocenters. The van der Waals surface area contributed by atoms with Crippen molar-refractivity contribution in [1.82, 2.24) is 46.2 Å². The van der Waals surface area contributed by atoms with Gasteiger partial charge in [0.1, 0.15) is 23.0 Å². The number of hydrogen-bond donors (Lipinski definition) is 0. The molecule has 0 bridgehead atoms. The van der Waals surface area contributed by atoms with Crippen LogP contribution in [0.4, 0.5) is 0 Å². The van der Waals surface area contributed by atoms with Crippen LogP contribution in [0.3, 0.4) is 0 Å². The molecule has 12 nitrogen and oxygen atoms in total. The van der Waals surface area contributed by atoms with Crippen LogP contribution in [0.15, 0.2) is 494 Å². The number of nitrogens with zero attached hydrogens (tertiary/aromatic N) is 10. The van der Waals surface area contributed by atoms with Gasteiger partial charge in [-0.15, -0.1) is 0 Å².